The molecule has 70 valence electrons. The molecule has 1 N–H and O–H groups in total. The molecule has 1 unspecified atom stereocenters. The van der Waals surface area contributed by atoms with Crippen LogP contribution in [0.1, 0.15) is 37.1 Å². The minimum Gasteiger partial charge on any atom is -0.310 e. The van der Waals surface area contributed by atoms with E-state index in [0.29, 0.717) is 6.04 Å². The standard InChI is InChI=1S/C10H15N3/c1-2-12-9-4-3-5-10-8(9)6-11-7-13-10/h6-7,9,12H,2-5H2,1H3. The Balaban J connectivity index is 2.26. The predicted molar refractivity (Wildman–Crippen MR) is 51.4 cm³/mol. The van der Waals surface area contributed by atoms with Crippen molar-refractivity contribution in [2.24, 2.45) is 0 Å². The highest BCUT2D eigenvalue weighted by Crippen LogP contribution is 2.26. The smallest absolute Gasteiger partial charge is 0.115 e. The predicted octanol–water partition coefficient (Wildman–Crippen LogP) is 1.46. The highest BCUT2D eigenvalue weighted by molar-refractivity contribution is 5.22. The third-order valence-corrected chi connectivity index (χ3v) is 2.56. The highest BCUT2D eigenvalue weighted by Gasteiger charge is 2.19. The van der Waals surface area contributed by atoms with Crippen LogP contribution >= 0.6 is 0 Å². The maximum absolute atomic E-state index is 4.30. The van der Waals surface area contributed by atoms with Gasteiger partial charge < -0.3 is 5.32 Å². The molecule has 13 heavy (non-hydrogen) atoms. The number of fused-ring (bicyclic) bond motifs is 1. The monoisotopic (exact) mass is 177 g/mol. The molecule has 1 aliphatic carbocycles. The third-order valence-electron chi connectivity index (χ3n) is 2.56. The van der Waals surface area contributed by atoms with Crippen molar-refractivity contribution in [3.8, 4) is 0 Å². The van der Waals surface area contributed by atoms with Gasteiger partial charge in [0.1, 0.15) is 6.33 Å². The SMILES string of the molecule is CCNC1CCCc2ncncc21. The van der Waals surface area contributed by atoms with E-state index < -0.39 is 0 Å². The van der Waals surface area contributed by atoms with Crippen LogP contribution in [0.2, 0.25) is 0 Å². The van der Waals surface area contributed by atoms with Crippen molar-refractivity contribution in [2.75, 3.05) is 6.54 Å². The number of aryl methyl sites for hydroxylation is 1. The number of aromatic nitrogens is 2. The van der Waals surface area contributed by atoms with E-state index in [0.717, 1.165) is 13.0 Å². The van der Waals surface area contributed by atoms with E-state index in [1.165, 1.54) is 24.1 Å². The quantitative estimate of drug-likeness (QED) is 0.743. The van der Waals surface area contributed by atoms with Crippen LogP contribution in [0.5, 0.6) is 0 Å². The number of nitrogens with zero attached hydrogens (tertiary/aromatic N) is 2. The van der Waals surface area contributed by atoms with Gasteiger partial charge in [-0.2, -0.15) is 0 Å². The third kappa shape index (κ3) is 1.70. The second kappa shape index (κ2) is 3.83. The lowest BCUT2D eigenvalue weighted by Gasteiger charge is -2.24. The zero-order chi connectivity index (χ0) is 9.10. The molecule has 0 saturated heterocycles. The average Bonchev–Trinajstić information content (AvgIpc) is 2.19. The molecule has 1 aromatic heterocycles. The van der Waals surface area contributed by atoms with Crippen LogP contribution in [-0.4, -0.2) is 16.5 Å². The van der Waals surface area contributed by atoms with Crippen molar-refractivity contribution in [3.63, 3.8) is 0 Å². The second-order valence-electron chi connectivity index (χ2n) is 3.43. The van der Waals surface area contributed by atoms with Crippen LogP contribution in [0.4, 0.5) is 0 Å². The van der Waals surface area contributed by atoms with Crippen LogP contribution in [0.15, 0.2) is 12.5 Å². The maximum atomic E-state index is 4.30. The van der Waals surface area contributed by atoms with E-state index in [1.807, 2.05) is 6.20 Å². The summed E-state index contributed by atoms with van der Waals surface area (Å²) in [4.78, 5) is 8.38. The lowest BCUT2D eigenvalue weighted by Crippen LogP contribution is -2.25. The van der Waals surface area contributed by atoms with E-state index in [9.17, 15) is 0 Å². The van der Waals surface area contributed by atoms with Crippen LogP contribution in [0, 0.1) is 0 Å². The molecule has 1 atom stereocenters. The lowest BCUT2D eigenvalue weighted by atomic mass is 9.92. The van der Waals surface area contributed by atoms with Gasteiger partial charge in [-0.25, -0.2) is 9.97 Å². The van der Waals surface area contributed by atoms with Crippen LogP contribution in [0.25, 0.3) is 0 Å². The molecule has 0 amide bonds. The molecule has 0 spiro atoms. The highest BCUT2D eigenvalue weighted by atomic mass is 14.9. The first kappa shape index (κ1) is 8.63. The Morgan fingerprint density at radius 3 is 3.38 bits per heavy atom. The summed E-state index contributed by atoms with van der Waals surface area (Å²) in [5.74, 6) is 0. The normalized spacial score (nSPS) is 21.2. The first-order chi connectivity index (χ1) is 6.42. The molecular weight excluding hydrogens is 162 g/mol. The molecule has 0 saturated carbocycles. The van der Waals surface area contributed by atoms with Gasteiger partial charge in [0.05, 0.1) is 0 Å². The molecule has 0 fully saturated rings. The zero-order valence-corrected chi connectivity index (χ0v) is 7.95. The molecule has 0 aromatic carbocycles. The molecule has 2 rings (SSSR count). The molecule has 3 nitrogen and oxygen atoms in total. The van der Waals surface area contributed by atoms with Crippen molar-refractivity contribution >= 4 is 0 Å². The summed E-state index contributed by atoms with van der Waals surface area (Å²) in [6.45, 7) is 3.15. The Hall–Kier alpha value is -0.960. The van der Waals surface area contributed by atoms with Crippen molar-refractivity contribution < 1.29 is 0 Å². The van der Waals surface area contributed by atoms with Crippen LogP contribution in [-0.2, 0) is 6.42 Å². The molecule has 1 heterocycles. The first-order valence-corrected chi connectivity index (χ1v) is 4.94. The van der Waals surface area contributed by atoms with Gasteiger partial charge in [-0.05, 0) is 25.8 Å². The Bertz CT molecular complexity index is 285. The van der Waals surface area contributed by atoms with E-state index in [1.54, 1.807) is 6.33 Å². The van der Waals surface area contributed by atoms with Gasteiger partial charge in [0.25, 0.3) is 0 Å². The summed E-state index contributed by atoms with van der Waals surface area (Å²) in [6, 6.07) is 0.481. The van der Waals surface area contributed by atoms with Gasteiger partial charge in [0, 0.05) is 23.5 Å². The van der Waals surface area contributed by atoms with Crippen LogP contribution < -0.4 is 5.32 Å². The first-order valence-electron chi connectivity index (χ1n) is 4.94. The fourth-order valence-electron chi connectivity index (χ4n) is 1.95. The minimum absolute atomic E-state index is 0.481. The molecule has 3 heteroatoms. The number of hydrogen-bond donors (Lipinski definition) is 1. The molecule has 1 aromatic rings. The van der Waals surface area contributed by atoms with Gasteiger partial charge >= 0.3 is 0 Å². The molecule has 0 radical (unpaired) electrons. The van der Waals surface area contributed by atoms with Gasteiger partial charge in [-0.3, -0.25) is 0 Å². The van der Waals surface area contributed by atoms with Crippen molar-refractivity contribution in [1.29, 1.82) is 0 Å². The second-order valence-corrected chi connectivity index (χ2v) is 3.43. The fraction of sp³-hybridized carbons (Fsp3) is 0.600. The molecule has 0 aliphatic heterocycles. The van der Waals surface area contributed by atoms with Gasteiger partial charge in [0.15, 0.2) is 0 Å². The van der Waals surface area contributed by atoms with Gasteiger partial charge in [-0.1, -0.05) is 6.92 Å². The number of hydrogen-bond acceptors (Lipinski definition) is 3. The number of rotatable bonds is 2. The van der Waals surface area contributed by atoms with Crippen LogP contribution in [0.3, 0.4) is 0 Å². The Morgan fingerprint density at radius 2 is 2.54 bits per heavy atom. The molecular formula is C10H15N3. The van der Waals surface area contributed by atoms with Gasteiger partial charge in [0.2, 0.25) is 0 Å². The summed E-state index contributed by atoms with van der Waals surface area (Å²) in [6.07, 6.45) is 7.16. The fourth-order valence-corrected chi connectivity index (χ4v) is 1.95. The van der Waals surface area contributed by atoms with Crippen molar-refractivity contribution in [1.82, 2.24) is 15.3 Å². The number of nitrogens with one attached hydrogen (secondary N) is 1. The van der Waals surface area contributed by atoms with E-state index in [2.05, 4.69) is 22.2 Å². The summed E-state index contributed by atoms with van der Waals surface area (Å²) in [5, 5.41) is 3.46. The maximum Gasteiger partial charge on any atom is 0.115 e. The van der Waals surface area contributed by atoms with Gasteiger partial charge in [-0.15, -0.1) is 0 Å². The zero-order valence-electron chi connectivity index (χ0n) is 7.95. The average molecular weight is 177 g/mol. The van der Waals surface area contributed by atoms with E-state index >= 15 is 0 Å². The summed E-state index contributed by atoms with van der Waals surface area (Å²) < 4.78 is 0. The Morgan fingerprint density at radius 1 is 1.62 bits per heavy atom. The largest absolute Gasteiger partial charge is 0.310 e. The van der Waals surface area contributed by atoms with Crippen molar-refractivity contribution in [3.05, 3.63) is 23.8 Å². The summed E-state index contributed by atoms with van der Waals surface area (Å²) in [7, 11) is 0. The van der Waals surface area contributed by atoms with Crippen molar-refractivity contribution in [2.45, 2.75) is 32.2 Å². The Labute approximate surface area is 78.6 Å². The van der Waals surface area contributed by atoms with E-state index in [-0.39, 0.29) is 0 Å². The molecule has 1 aliphatic rings. The molecule has 0 bridgehead atoms. The minimum atomic E-state index is 0.481. The summed E-state index contributed by atoms with van der Waals surface area (Å²) in [5.41, 5.74) is 2.53. The Kier molecular flexibility index (Phi) is 2.54. The summed E-state index contributed by atoms with van der Waals surface area (Å²) >= 11 is 0. The van der Waals surface area contributed by atoms with E-state index in [4.69, 9.17) is 0 Å². The lowest BCUT2D eigenvalue weighted by molar-refractivity contribution is 0.464. The topological polar surface area (TPSA) is 37.8 Å².